The van der Waals surface area contributed by atoms with Crippen LogP contribution >= 0.6 is 0 Å². The van der Waals surface area contributed by atoms with Crippen LogP contribution in [0.1, 0.15) is 19.3 Å². The number of hydrogen-bond donors (Lipinski definition) is 2. The van der Waals surface area contributed by atoms with Crippen molar-refractivity contribution < 1.29 is 14.3 Å². The Morgan fingerprint density at radius 2 is 1.59 bits per heavy atom. The fourth-order valence-electron chi connectivity index (χ4n) is 2.96. The molecule has 0 aliphatic carbocycles. The maximum atomic E-state index is 11.9. The maximum absolute atomic E-state index is 11.9. The molecule has 0 spiro atoms. The molecule has 6 heteroatoms. The predicted octanol–water partition coefficient (Wildman–Crippen LogP) is 2.94. The minimum atomic E-state index is -0.226. The number of carbonyl (C=O) groups is 2. The second kappa shape index (κ2) is 9.62. The lowest BCUT2D eigenvalue weighted by Gasteiger charge is -2.15. The summed E-state index contributed by atoms with van der Waals surface area (Å²) in [5, 5.41) is 6.01. The molecule has 0 unspecified atom stereocenters. The lowest BCUT2D eigenvalue weighted by Crippen LogP contribution is -2.34. The van der Waals surface area contributed by atoms with Gasteiger partial charge in [-0.3, -0.25) is 9.59 Å². The zero-order valence-electron chi connectivity index (χ0n) is 15.3. The van der Waals surface area contributed by atoms with E-state index in [9.17, 15) is 9.59 Å². The Balaban J connectivity index is 1.35. The van der Waals surface area contributed by atoms with Gasteiger partial charge in [0.1, 0.15) is 5.75 Å². The monoisotopic (exact) mass is 367 g/mol. The Labute approximate surface area is 159 Å². The minimum Gasteiger partial charge on any atom is -0.484 e. The van der Waals surface area contributed by atoms with Crippen LogP contribution in [-0.4, -0.2) is 43.0 Å². The van der Waals surface area contributed by atoms with Gasteiger partial charge in [-0.1, -0.05) is 18.2 Å². The molecular formula is C21H25N3O3. The molecule has 6 nitrogen and oxygen atoms in total. The summed E-state index contributed by atoms with van der Waals surface area (Å²) in [6.45, 7) is 1.96. The molecule has 1 saturated heterocycles. The summed E-state index contributed by atoms with van der Waals surface area (Å²) in [7, 11) is 0. The Kier molecular flexibility index (Phi) is 6.68. The summed E-state index contributed by atoms with van der Waals surface area (Å²) in [6.07, 6.45) is 2.49. The van der Waals surface area contributed by atoms with Crippen LogP contribution in [-0.2, 0) is 9.59 Å². The second-order valence-electron chi connectivity index (χ2n) is 6.49. The number of carbonyl (C=O) groups excluding carboxylic acids is 2. The van der Waals surface area contributed by atoms with Crippen LogP contribution in [0.25, 0.3) is 0 Å². The van der Waals surface area contributed by atoms with E-state index in [1.54, 1.807) is 0 Å². The quantitative estimate of drug-likeness (QED) is 0.753. The van der Waals surface area contributed by atoms with Gasteiger partial charge >= 0.3 is 0 Å². The lowest BCUT2D eigenvalue weighted by molar-refractivity contribution is -0.130. The number of nitrogens with zero attached hydrogens (tertiary/aromatic N) is 1. The molecule has 3 rings (SSSR count). The number of ether oxygens (including phenoxy) is 1. The molecule has 2 aromatic rings. The van der Waals surface area contributed by atoms with Gasteiger partial charge in [0, 0.05) is 37.4 Å². The van der Waals surface area contributed by atoms with E-state index < -0.39 is 0 Å². The molecule has 1 aliphatic heterocycles. The molecule has 0 aromatic heterocycles. The Hall–Kier alpha value is -3.02. The molecule has 1 heterocycles. The van der Waals surface area contributed by atoms with Crippen molar-refractivity contribution in [2.75, 3.05) is 31.6 Å². The summed E-state index contributed by atoms with van der Waals surface area (Å²) in [5.74, 6) is 0.503. The van der Waals surface area contributed by atoms with Gasteiger partial charge in [0.2, 0.25) is 5.91 Å². The van der Waals surface area contributed by atoms with E-state index in [0.717, 1.165) is 37.3 Å². The van der Waals surface area contributed by atoms with Gasteiger partial charge in [-0.05, 0) is 49.2 Å². The molecule has 0 saturated carbocycles. The summed E-state index contributed by atoms with van der Waals surface area (Å²) >= 11 is 0. The van der Waals surface area contributed by atoms with Crippen LogP contribution in [0.5, 0.6) is 5.75 Å². The number of benzene rings is 2. The van der Waals surface area contributed by atoms with Crippen LogP contribution in [0, 0.1) is 0 Å². The normalized spacial score (nSPS) is 13.3. The van der Waals surface area contributed by atoms with Crippen LogP contribution in [0.3, 0.4) is 0 Å². The number of nitrogens with one attached hydrogen (secondary N) is 2. The first-order valence-electron chi connectivity index (χ1n) is 9.30. The van der Waals surface area contributed by atoms with Crippen molar-refractivity contribution in [1.82, 2.24) is 10.2 Å². The Morgan fingerprint density at radius 3 is 2.30 bits per heavy atom. The van der Waals surface area contributed by atoms with E-state index in [0.29, 0.717) is 18.7 Å². The highest BCUT2D eigenvalue weighted by Gasteiger charge is 2.17. The number of amides is 2. The first-order chi connectivity index (χ1) is 13.2. The highest BCUT2D eigenvalue weighted by Crippen LogP contribution is 2.19. The van der Waals surface area contributed by atoms with E-state index in [1.807, 2.05) is 59.5 Å². The second-order valence-corrected chi connectivity index (χ2v) is 6.49. The van der Waals surface area contributed by atoms with Gasteiger partial charge < -0.3 is 20.3 Å². The highest BCUT2D eigenvalue weighted by molar-refractivity contribution is 5.80. The van der Waals surface area contributed by atoms with Crippen molar-refractivity contribution >= 4 is 23.2 Å². The summed E-state index contributed by atoms with van der Waals surface area (Å²) in [5.41, 5.74) is 1.95. The van der Waals surface area contributed by atoms with Crippen molar-refractivity contribution in [1.29, 1.82) is 0 Å². The van der Waals surface area contributed by atoms with Crippen molar-refractivity contribution in [3.63, 3.8) is 0 Å². The first-order valence-corrected chi connectivity index (χ1v) is 9.30. The Morgan fingerprint density at radius 1 is 0.926 bits per heavy atom. The summed E-state index contributed by atoms with van der Waals surface area (Å²) in [4.78, 5) is 25.6. The average Bonchev–Trinajstić information content (AvgIpc) is 3.23. The maximum Gasteiger partial charge on any atom is 0.257 e. The molecular weight excluding hydrogens is 342 g/mol. The van der Waals surface area contributed by atoms with E-state index in [2.05, 4.69) is 10.6 Å². The third kappa shape index (κ3) is 6.02. The SMILES string of the molecule is O=C(COc1ccc(Nc2ccccc2)cc1)NCCC(=O)N1CCCC1. The highest BCUT2D eigenvalue weighted by atomic mass is 16.5. The number of likely N-dealkylation sites (tertiary alicyclic amines) is 1. The van der Waals surface area contributed by atoms with E-state index in [1.165, 1.54) is 0 Å². The van der Waals surface area contributed by atoms with Crippen LogP contribution in [0.2, 0.25) is 0 Å². The fraction of sp³-hybridized carbons (Fsp3) is 0.333. The van der Waals surface area contributed by atoms with Crippen molar-refractivity contribution in [2.45, 2.75) is 19.3 Å². The summed E-state index contributed by atoms with van der Waals surface area (Å²) in [6, 6.07) is 17.3. The topological polar surface area (TPSA) is 70.7 Å². The number of hydrogen-bond acceptors (Lipinski definition) is 4. The van der Waals surface area contributed by atoms with E-state index in [4.69, 9.17) is 4.74 Å². The smallest absolute Gasteiger partial charge is 0.257 e. The largest absolute Gasteiger partial charge is 0.484 e. The molecule has 0 radical (unpaired) electrons. The number of para-hydroxylation sites is 1. The van der Waals surface area contributed by atoms with Gasteiger partial charge in [0.25, 0.3) is 5.91 Å². The first kappa shape index (κ1) is 18.8. The summed E-state index contributed by atoms with van der Waals surface area (Å²) < 4.78 is 5.50. The van der Waals surface area contributed by atoms with Crippen molar-refractivity contribution in [2.24, 2.45) is 0 Å². The van der Waals surface area contributed by atoms with Crippen LogP contribution < -0.4 is 15.4 Å². The minimum absolute atomic E-state index is 0.0661. The standard InChI is InChI=1S/C21H25N3O3/c25-20(22-13-12-21(26)24-14-4-5-15-24)16-27-19-10-8-18(9-11-19)23-17-6-2-1-3-7-17/h1-3,6-11,23H,4-5,12-16H2,(H,22,25). The van der Waals surface area contributed by atoms with Gasteiger partial charge in [-0.15, -0.1) is 0 Å². The molecule has 0 bridgehead atoms. The molecule has 0 atom stereocenters. The third-order valence-electron chi connectivity index (χ3n) is 4.41. The van der Waals surface area contributed by atoms with Crippen LogP contribution in [0.15, 0.2) is 54.6 Å². The number of anilines is 2. The average molecular weight is 367 g/mol. The molecule has 1 aliphatic rings. The Bertz CT molecular complexity index is 741. The van der Waals surface area contributed by atoms with Crippen molar-refractivity contribution in [3.05, 3.63) is 54.6 Å². The third-order valence-corrected chi connectivity index (χ3v) is 4.41. The molecule has 2 N–H and O–H groups in total. The molecule has 2 aromatic carbocycles. The van der Waals surface area contributed by atoms with Crippen LogP contribution in [0.4, 0.5) is 11.4 Å². The predicted molar refractivity (Wildman–Crippen MR) is 105 cm³/mol. The van der Waals surface area contributed by atoms with Gasteiger partial charge in [0.05, 0.1) is 0 Å². The van der Waals surface area contributed by atoms with Crippen molar-refractivity contribution in [3.8, 4) is 5.75 Å². The zero-order chi connectivity index (χ0) is 18.9. The van der Waals surface area contributed by atoms with Gasteiger partial charge in [-0.2, -0.15) is 0 Å². The van der Waals surface area contributed by atoms with Gasteiger partial charge in [0.15, 0.2) is 6.61 Å². The van der Waals surface area contributed by atoms with E-state index >= 15 is 0 Å². The van der Waals surface area contributed by atoms with E-state index in [-0.39, 0.29) is 18.4 Å². The molecule has 1 fully saturated rings. The molecule has 142 valence electrons. The molecule has 27 heavy (non-hydrogen) atoms. The fourth-order valence-corrected chi connectivity index (χ4v) is 2.96. The zero-order valence-corrected chi connectivity index (χ0v) is 15.3. The lowest BCUT2D eigenvalue weighted by atomic mass is 10.2. The molecule has 2 amide bonds. The van der Waals surface area contributed by atoms with Gasteiger partial charge in [-0.25, -0.2) is 0 Å². The number of rotatable bonds is 8.